The summed E-state index contributed by atoms with van der Waals surface area (Å²) in [5.74, 6) is -3.09. The Morgan fingerprint density at radius 3 is 2.38 bits per heavy atom. The van der Waals surface area contributed by atoms with Gasteiger partial charge in [0.1, 0.15) is 17.1 Å². The molecule has 2 rings (SSSR count). The fraction of sp³-hybridized carbons (Fsp3) is 0.478. The van der Waals surface area contributed by atoms with Crippen LogP contribution < -0.4 is 0 Å². The van der Waals surface area contributed by atoms with Gasteiger partial charge in [-0.1, -0.05) is 34.5 Å². The minimum absolute atomic E-state index is 0.0677. The number of allylic oxidation sites excluding steroid dienone is 3. The van der Waals surface area contributed by atoms with Gasteiger partial charge in [0.25, 0.3) is 0 Å². The Kier molecular flexibility index (Phi) is 7.78. The second-order valence-electron chi connectivity index (χ2n) is 8.53. The van der Waals surface area contributed by atoms with Crippen LogP contribution in [-0.2, 0) is 16.0 Å². The van der Waals surface area contributed by atoms with Crippen molar-refractivity contribution in [3.63, 3.8) is 0 Å². The van der Waals surface area contributed by atoms with Gasteiger partial charge in [0.05, 0.1) is 11.2 Å². The number of hydrogen-bond donors (Lipinski definition) is 5. The van der Waals surface area contributed by atoms with Crippen LogP contribution in [0.4, 0.5) is 0 Å². The van der Waals surface area contributed by atoms with E-state index in [2.05, 4.69) is 5.16 Å². The molecule has 0 spiro atoms. The molecule has 8 nitrogen and oxygen atoms in total. The van der Waals surface area contributed by atoms with Gasteiger partial charge in [0.2, 0.25) is 5.79 Å². The summed E-state index contributed by atoms with van der Waals surface area (Å²) >= 11 is 6.13. The Balaban J connectivity index is 2.13. The van der Waals surface area contributed by atoms with Crippen molar-refractivity contribution in [2.75, 3.05) is 0 Å². The van der Waals surface area contributed by atoms with Crippen LogP contribution >= 0.6 is 11.6 Å². The van der Waals surface area contributed by atoms with Gasteiger partial charge >= 0.3 is 0 Å². The number of aromatic hydroxyl groups is 2. The van der Waals surface area contributed by atoms with Gasteiger partial charge in [0.15, 0.2) is 11.9 Å². The number of halogens is 1. The first kappa shape index (κ1) is 25.9. The summed E-state index contributed by atoms with van der Waals surface area (Å²) in [6.45, 7) is 8.04. The predicted molar refractivity (Wildman–Crippen MR) is 120 cm³/mol. The lowest BCUT2D eigenvalue weighted by atomic mass is 9.95. The second kappa shape index (κ2) is 9.62. The number of nitrogens with zero attached hydrogens (tertiary/aromatic N) is 1. The molecule has 1 heterocycles. The zero-order valence-corrected chi connectivity index (χ0v) is 19.6. The van der Waals surface area contributed by atoms with E-state index in [1.54, 1.807) is 19.9 Å². The molecule has 1 fully saturated rings. The number of ketones is 1. The highest BCUT2D eigenvalue weighted by Crippen LogP contribution is 2.41. The lowest BCUT2D eigenvalue weighted by molar-refractivity contribution is -0.217. The summed E-state index contributed by atoms with van der Waals surface area (Å²) in [7, 11) is 0. The average molecular weight is 468 g/mol. The van der Waals surface area contributed by atoms with Gasteiger partial charge in [-0.3, -0.25) is 4.79 Å². The third-order valence-corrected chi connectivity index (χ3v) is 6.25. The van der Waals surface area contributed by atoms with Gasteiger partial charge in [-0.15, -0.1) is 0 Å². The van der Waals surface area contributed by atoms with E-state index in [1.807, 2.05) is 13.0 Å². The van der Waals surface area contributed by atoms with E-state index in [4.69, 9.17) is 21.5 Å². The van der Waals surface area contributed by atoms with Crippen molar-refractivity contribution in [1.82, 2.24) is 0 Å². The number of carbonyl (C=O) groups excluding carboxylic acids is 1. The van der Waals surface area contributed by atoms with Crippen molar-refractivity contribution in [1.29, 1.82) is 0 Å². The molecule has 9 heteroatoms. The van der Waals surface area contributed by atoms with E-state index >= 15 is 0 Å². The Bertz CT molecular complexity index is 997. The van der Waals surface area contributed by atoms with Crippen LogP contribution in [0.5, 0.6) is 11.5 Å². The monoisotopic (exact) mass is 467 g/mol. The fourth-order valence-corrected chi connectivity index (χ4v) is 3.84. The van der Waals surface area contributed by atoms with Crippen LogP contribution in [0.15, 0.2) is 28.5 Å². The molecule has 1 aromatic carbocycles. The SMILES string of the molecule is CC(=CCc1c(O)c(Cl)c(C)c(C=NO)c1O)CCC=C(C)C1(O)OC(C)(C)C(=O)C1O. The quantitative estimate of drug-likeness (QED) is 0.179. The molecule has 0 saturated carbocycles. The third kappa shape index (κ3) is 4.83. The number of oxime groups is 1. The van der Waals surface area contributed by atoms with Crippen molar-refractivity contribution in [3.8, 4) is 11.5 Å². The highest BCUT2D eigenvalue weighted by molar-refractivity contribution is 6.33. The summed E-state index contributed by atoms with van der Waals surface area (Å²) in [5, 5.41) is 53.4. The van der Waals surface area contributed by atoms with Crippen LogP contribution in [0.3, 0.4) is 0 Å². The zero-order chi connectivity index (χ0) is 24.4. The van der Waals surface area contributed by atoms with E-state index in [0.717, 1.165) is 11.8 Å². The smallest absolute Gasteiger partial charge is 0.223 e. The first-order chi connectivity index (χ1) is 14.8. The van der Waals surface area contributed by atoms with Crippen LogP contribution in [0, 0.1) is 6.92 Å². The average Bonchev–Trinajstić information content (AvgIpc) is 2.89. The van der Waals surface area contributed by atoms with E-state index in [1.165, 1.54) is 13.8 Å². The fourth-order valence-electron chi connectivity index (χ4n) is 3.63. The third-order valence-electron chi connectivity index (χ3n) is 5.79. The number of ether oxygens (including phenoxy) is 1. The zero-order valence-electron chi connectivity index (χ0n) is 18.8. The molecular weight excluding hydrogens is 438 g/mol. The molecule has 0 radical (unpaired) electrons. The van der Waals surface area contributed by atoms with Gasteiger partial charge in [-0.2, -0.15) is 0 Å². The predicted octanol–water partition coefficient (Wildman–Crippen LogP) is 3.51. The molecule has 1 saturated heterocycles. The van der Waals surface area contributed by atoms with E-state index in [-0.39, 0.29) is 34.1 Å². The van der Waals surface area contributed by atoms with Gasteiger partial charge in [0, 0.05) is 11.1 Å². The summed E-state index contributed by atoms with van der Waals surface area (Å²) in [5.41, 5.74) is 0.802. The molecule has 1 aliphatic rings. The summed E-state index contributed by atoms with van der Waals surface area (Å²) in [6.07, 6.45) is 4.17. The number of aliphatic hydroxyl groups excluding tert-OH is 1. The molecule has 1 aliphatic heterocycles. The normalized spacial score (nSPS) is 24.0. The Morgan fingerprint density at radius 1 is 1.22 bits per heavy atom. The number of phenols is 2. The number of carbonyl (C=O) groups is 1. The highest BCUT2D eigenvalue weighted by Gasteiger charge is 2.58. The highest BCUT2D eigenvalue weighted by atomic mass is 35.5. The lowest BCUT2D eigenvalue weighted by Gasteiger charge is -2.27. The van der Waals surface area contributed by atoms with Crippen LogP contribution in [0.2, 0.25) is 5.02 Å². The topological polar surface area (TPSA) is 140 Å². The maximum absolute atomic E-state index is 12.1. The van der Waals surface area contributed by atoms with Crippen molar-refractivity contribution in [2.24, 2.45) is 5.16 Å². The van der Waals surface area contributed by atoms with Gasteiger partial charge in [-0.25, -0.2) is 0 Å². The number of rotatable bonds is 7. The summed E-state index contributed by atoms with van der Waals surface area (Å²) in [4.78, 5) is 12.1. The molecule has 0 aromatic heterocycles. The van der Waals surface area contributed by atoms with Gasteiger partial charge < -0.3 is 30.4 Å². The number of phenolic OH excluding ortho intramolecular Hbond substituents is 2. The number of Topliss-reactive ketones (excluding diaryl/α,β-unsaturated/α-hetero) is 1. The van der Waals surface area contributed by atoms with Crippen molar-refractivity contribution in [3.05, 3.63) is 45.0 Å². The second-order valence-corrected chi connectivity index (χ2v) is 8.91. The maximum atomic E-state index is 12.1. The first-order valence-corrected chi connectivity index (χ1v) is 10.5. The van der Waals surface area contributed by atoms with Crippen molar-refractivity contribution in [2.45, 2.75) is 71.4 Å². The number of benzene rings is 1. The minimum atomic E-state index is -2.06. The summed E-state index contributed by atoms with van der Waals surface area (Å²) < 4.78 is 5.44. The Labute approximate surface area is 192 Å². The van der Waals surface area contributed by atoms with Crippen LogP contribution in [0.25, 0.3) is 0 Å². The van der Waals surface area contributed by atoms with Crippen molar-refractivity contribution < 1.29 is 35.2 Å². The maximum Gasteiger partial charge on any atom is 0.223 e. The first-order valence-electron chi connectivity index (χ1n) is 10.2. The van der Waals surface area contributed by atoms with Crippen LogP contribution in [-0.4, -0.2) is 55.1 Å². The molecule has 0 aliphatic carbocycles. The van der Waals surface area contributed by atoms with Crippen LogP contribution in [0.1, 0.15) is 57.2 Å². The van der Waals surface area contributed by atoms with Gasteiger partial charge in [-0.05, 0) is 65.0 Å². The molecule has 2 unspecified atom stereocenters. The summed E-state index contributed by atoms with van der Waals surface area (Å²) in [6, 6.07) is 0. The molecule has 2 atom stereocenters. The van der Waals surface area contributed by atoms with E-state index in [9.17, 15) is 25.2 Å². The standard InChI is InChI=1S/C23H30ClNO7/c1-12(7-6-8-13(2)23(30)21(29)20(28)22(4,5)32-23)9-10-15-18(26)16(11-25-31)14(3)17(24)19(15)27/h8-9,11,21,26-27,29-31H,6-7,10H2,1-5H3. The molecule has 32 heavy (non-hydrogen) atoms. The molecular formula is C23H30ClNO7. The Hall–Kier alpha value is -2.39. The lowest BCUT2D eigenvalue weighted by Crippen LogP contribution is -2.42. The minimum Gasteiger partial charge on any atom is -0.507 e. The molecule has 0 bridgehead atoms. The molecule has 1 aromatic rings. The molecule has 0 amide bonds. The molecule has 176 valence electrons. The van der Waals surface area contributed by atoms with E-state index in [0.29, 0.717) is 24.0 Å². The number of aliphatic hydroxyl groups is 2. The molecule has 5 N–H and O–H groups in total. The largest absolute Gasteiger partial charge is 0.507 e. The van der Waals surface area contributed by atoms with E-state index < -0.39 is 23.3 Å². The Morgan fingerprint density at radius 2 is 1.84 bits per heavy atom. The number of hydrogen-bond acceptors (Lipinski definition) is 8. The van der Waals surface area contributed by atoms with Crippen molar-refractivity contribution >= 4 is 23.6 Å².